The predicted octanol–water partition coefficient (Wildman–Crippen LogP) is 3.33. The second kappa shape index (κ2) is 6.40. The van der Waals surface area contributed by atoms with Gasteiger partial charge in [-0.2, -0.15) is 0 Å². The van der Waals surface area contributed by atoms with Gasteiger partial charge in [-0.15, -0.1) is 0 Å². The number of fused-ring (bicyclic) bond motifs is 1. The minimum Gasteiger partial charge on any atom is -0.352 e. The molecule has 0 saturated carbocycles. The molecule has 1 amide bonds. The standard InChI is InChI=1S/C18H15F2N3OS/c19-13-6-5-11(14(20)7-13)8-21-17(24)12-9-23(10-12)18-22-15-3-1-2-4-16(15)25-18/h1-7,12H,8-10H2,(H,21,24). The second-order valence-electron chi connectivity index (χ2n) is 6.02. The van der Waals surface area contributed by atoms with Gasteiger partial charge in [0.1, 0.15) is 11.6 Å². The van der Waals surface area contributed by atoms with E-state index in [9.17, 15) is 13.6 Å². The second-order valence-corrected chi connectivity index (χ2v) is 7.03. The van der Waals surface area contributed by atoms with Crippen LogP contribution in [-0.2, 0) is 11.3 Å². The fraction of sp³-hybridized carbons (Fsp3) is 0.222. The molecule has 0 atom stereocenters. The average Bonchev–Trinajstić information content (AvgIpc) is 2.96. The number of rotatable bonds is 4. The van der Waals surface area contributed by atoms with Crippen LogP contribution in [0.5, 0.6) is 0 Å². The van der Waals surface area contributed by atoms with Crippen LogP contribution in [0, 0.1) is 17.6 Å². The molecule has 1 saturated heterocycles. The van der Waals surface area contributed by atoms with Gasteiger partial charge < -0.3 is 10.2 Å². The molecule has 1 aliphatic heterocycles. The molecular weight excluding hydrogens is 344 g/mol. The van der Waals surface area contributed by atoms with Crippen LogP contribution in [0.15, 0.2) is 42.5 Å². The zero-order valence-electron chi connectivity index (χ0n) is 13.2. The highest BCUT2D eigenvalue weighted by Crippen LogP contribution is 2.32. The third kappa shape index (κ3) is 3.19. The highest BCUT2D eigenvalue weighted by Gasteiger charge is 2.34. The van der Waals surface area contributed by atoms with Crippen molar-refractivity contribution in [3.63, 3.8) is 0 Å². The molecule has 1 aliphatic rings. The highest BCUT2D eigenvalue weighted by molar-refractivity contribution is 7.22. The third-order valence-corrected chi connectivity index (χ3v) is 5.37. The molecule has 0 radical (unpaired) electrons. The van der Waals surface area contributed by atoms with E-state index in [-0.39, 0.29) is 23.9 Å². The van der Waals surface area contributed by atoms with Crippen LogP contribution < -0.4 is 10.2 Å². The Kier molecular flexibility index (Phi) is 4.09. The Morgan fingerprint density at radius 1 is 1.24 bits per heavy atom. The minimum atomic E-state index is -0.648. The van der Waals surface area contributed by atoms with E-state index in [4.69, 9.17) is 0 Å². The first-order valence-electron chi connectivity index (χ1n) is 7.92. The number of nitrogens with zero attached hydrogens (tertiary/aromatic N) is 2. The quantitative estimate of drug-likeness (QED) is 0.777. The molecule has 1 aromatic heterocycles. The van der Waals surface area contributed by atoms with E-state index in [1.165, 1.54) is 12.1 Å². The maximum absolute atomic E-state index is 13.6. The van der Waals surface area contributed by atoms with Crippen molar-refractivity contribution in [1.82, 2.24) is 10.3 Å². The lowest BCUT2D eigenvalue weighted by atomic mass is 10.00. The Bertz CT molecular complexity index is 904. The third-order valence-electron chi connectivity index (χ3n) is 4.27. The van der Waals surface area contributed by atoms with Crippen molar-refractivity contribution in [2.24, 2.45) is 5.92 Å². The summed E-state index contributed by atoms with van der Waals surface area (Å²) >= 11 is 1.61. The molecule has 3 aromatic rings. The Morgan fingerprint density at radius 2 is 2.04 bits per heavy atom. The molecule has 25 heavy (non-hydrogen) atoms. The van der Waals surface area contributed by atoms with E-state index in [2.05, 4.69) is 15.2 Å². The number of aromatic nitrogens is 1. The first-order chi connectivity index (χ1) is 12.1. The largest absolute Gasteiger partial charge is 0.352 e. The summed E-state index contributed by atoms with van der Waals surface area (Å²) in [7, 11) is 0. The number of carbonyl (C=O) groups excluding carboxylic acids is 1. The van der Waals surface area contributed by atoms with E-state index in [1.807, 2.05) is 24.3 Å². The summed E-state index contributed by atoms with van der Waals surface area (Å²) in [5.41, 5.74) is 1.24. The lowest BCUT2D eigenvalue weighted by Gasteiger charge is -2.37. The van der Waals surface area contributed by atoms with Gasteiger partial charge in [0.2, 0.25) is 5.91 Å². The molecule has 0 aliphatic carbocycles. The van der Waals surface area contributed by atoms with Crippen LogP contribution in [0.4, 0.5) is 13.9 Å². The number of nitrogens with one attached hydrogen (secondary N) is 1. The summed E-state index contributed by atoms with van der Waals surface area (Å²) in [4.78, 5) is 18.8. The summed E-state index contributed by atoms with van der Waals surface area (Å²) in [6.45, 7) is 1.25. The summed E-state index contributed by atoms with van der Waals surface area (Å²) in [5.74, 6) is -1.54. The molecule has 128 valence electrons. The van der Waals surface area contributed by atoms with E-state index in [1.54, 1.807) is 11.3 Å². The summed E-state index contributed by atoms with van der Waals surface area (Å²) < 4.78 is 27.6. The average molecular weight is 359 g/mol. The number of amides is 1. The van der Waals surface area contributed by atoms with Gasteiger partial charge in [0.15, 0.2) is 5.13 Å². The Hall–Kier alpha value is -2.54. The number of benzene rings is 2. The van der Waals surface area contributed by atoms with E-state index < -0.39 is 11.6 Å². The number of hydrogen-bond donors (Lipinski definition) is 1. The van der Waals surface area contributed by atoms with Crippen molar-refractivity contribution in [1.29, 1.82) is 0 Å². The number of para-hydroxylation sites is 1. The van der Waals surface area contributed by atoms with Crippen LogP contribution >= 0.6 is 11.3 Å². The zero-order chi connectivity index (χ0) is 17.4. The van der Waals surface area contributed by atoms with Crippen LogP contribution in [0.3, 0.4) is 0 Å². The van der Waals surface area contributed by atoms with Crippen molar-refractivity contribution in [2.75, 3.05) is 18.0 Å². The summed E-state index contributed by atoms with van der Waals surface area (Å²) in [5, 5.41) is 3.63. The Morgan fingerprint density at radius 3 is 2.80 bits per heavy atom. The fourth-order valence-corrected chi connectivity index (χ4v) is 3.77. The van der Waals surface area contributed by atoms with Crippen molar-refractivity contribution >= 4 is 32.6 Å². The summed E-state index contributed by atoms with van der Waals surface area (Å²) in [6.07, 6.45) is 0. The number of carbonyl (C=O) groups is 1. The molecule has 0 spiro atoms. The van der Waals surface area contributed by atoms with Crippen molar-refractivity contribution < 1.29 is 13.6 Å². The molecule has 7 heteroatoms. The van der Waals surface area contributed by atoms with Crippen LogP contribution in [0.2, 0.25) is 0 Å². The van der Waals surface area contributed by atoms with Crippen molar-refractivity contribution in [2.45, 2.75) is 6.54 Å². The predicted molar refractivity (Wildman–Crippen MR) is 93.5 cm³/mol. The first-order valence-corrected chi connectivity index (χ1v) is 8.74. The fourth-order valence-electron chi connectivity index (χ4n) is 2.79. The lowest BCUT2D eigenvalue weighted by molar-refractivity contribution is -0.125. The Balaban J connectivity index is 1.33. The summed E-state index contributed by atoms with van der Waals surface area (Å²) in [6, 6.07) is 11.3. The molecule has 1 N–H and O–H groups in total. The van der Waals surface area contributed by atoms with Gasteiger partial charge in [0.25, 0.3) is 0 Å². The van der Waals surface area contributed by atoms with E-state index >= 15 is 0 Å². The molecular formula is C18H15F2N3OS. The number of halogens is 2. The number of anilines is 1. The zero-order valence-corrected chi connectivity index (χ0v) is 14.0. The van der Waals surface area contributed by atoms with Gasteiger partial charge in [-0.25, -0.2) is 13.8 Å². The molecule has 4 nitrogen and oxygen atoms in total. The molecule has 0 bridgehead atoms. The topological polar surface area (TPSA) is 45.2 Å². The lowest BCUT2D eigenvalue weighted by Crippen LogP contribution is -2.53. The van der Waals surface area contributed by atoms with Gasteiger partial charge in [0, 0.05) is 31.3 Å². The maximum Gasteiger partial charge on any atom is 0.226 e. The van der Waals surface area contributed by atoms with Crippen LogP contribution in [-0.4, -0.2) is 24.0 Å². The Labute approximate surface area is 147 Å². The number of hydrogen-bond acceptors (Lipinski definition) is 4. The minimum absolute atomic E-state index is 0.0581. The van der Waals surface area contributed by atoms with E-state index in [0.29, 0.717) is 13.1 Å². The molecule has 1 fully saturated rings. The molecule has 0 unspecified atom stereocenters. The molecule has 2 heterocycles. The number of thiazole rings is 1. The van der Waals surface area contributed by atoms with Gasteiger partial charge >= 0.3 is 0 Å². The van der Waals surface area contributed by atoms with Gasteiger partial charge in [-0.05, 0) is 18.2 Å². The van der Waals surface area contributed by atoms with Gasteiger partial charge in [-0.3, -0.25) is 4.79 Å². The molecule has 4 rings (SSSR count). The highest BCUT2D eigenvalue weighted by atomic mass is 32.1. The van der Waals surface area contributed by atoms with E-state index in [0.717, 1.165) is 21.4 Å². The van der Waals surface area contributed by atoms with Gasteiger partial charge in [-0.1, -0.05) is 29.5 Å². The van der Waals surface area contributed by atoms with Crippen LogP contribution in [0.25, 0.3) is 10.2 Å². The van der Waals surface area contributed by atoms with Crippen molar-refractivity contribution in [3.8, 4) is 0 Å². The van der Waals surface area contributed by atoms with Crippen molar-refractivity contribution in [3.05, 3.63) is 59.7 Å². The smallest absolute Gasteiger partial charge is 0.226 e. The maximum atomic E-state index is 13.6. The molecule has 2 aromatic carbocycles. The normalized spacial score (nSPS) is 14.6. The SMILES string of the molecule is O=C(NCc1ccc(F)cc1F)C1CN(c2nc3ccccc3s2)C1. The monoisotopic (exact) mass is 359 g/mol. The van der Waals surface area contributed by atoms with Gasteiger partial charge in [0.05, 0.1) is 16.1 Å². The first kappa shape index (κ1) is 16.0. The van der Waals surface area contributed by atoms with Crippen LogP contribution in [0.1, 0.15) is 5.56 Å².